The molecule has 0 spiro atoms. The Hall–Kier alpha value is -1.43. The molecule has 1 N–H and O–H groups in total. The summed E-state index contributed by atoms with van der Waals surface area (Å²) in [5, 5.41) is 4.27. The van der Waals surface area contributed by atoms with E-state index < -0.39 is 0 Å². The molecular weight excluding hydrogens is 372 g/mol. The fourth-order valence-corrected chi connectivity index (χ4v) is 3.94. The first-order valence-corrected chi connectivity index (χ1v) is 8.18. The predicted octanol–water partition coefficient (Wildman–Crippen LogP) is 4.64. The van der Waals surface area contributed by atoms with Gasteiger partial charge in [-0.2, -0.15) is 0 Å². The van der Waals surface area contributed by atoms with Crippen LogP contribution in [0.25, 0.3) is 10.1 Å². The molecule has 2 heterocycles. The van der Waals surface area contributed by atoms with Crippen molar-refractivity contribution in [1.82, 2.24) is 10.3 Å². The highest BCUT2D eigenvalue weighted by atomic mass is 79.9. The second kappa shape index (κ2) is 6.13. The van der Waals surface area contributed by atoms with Gasteiger partial charge in [-0.15, -0.1) is 11.3 Å². The van der Waals surface area contributed by atoms with E-state index in [1.54, 1.807) is 12.4 Å². The molecule has 0 atom stereocenters. The topological polar surface area (TPSA) is 42.0 Å². The molecule has 6 heteroatoms. The molecule has 1 aromatic carbocycles. The summed E-state index contributed by atoms with van der Waals surface area (Å²) < 4.78 is 1.95. The largest absolute Gasteiger partial charge is 0.347 e. The van der Waals surface area contributed by atoms with Crippen LogP contribution in [0, 0.1) is 0 Å². The summed E-state index contributed by atoms with van der Waals surface area (Å²) in [7, 11) is 0. The van der Waals surface area contributed by atoms with Crippen LogP contribution in [-0.4, -0.2) is 10.9 Å². The van der Waals surface area contributed by atoms with Gasteiger partial charge in [0.05, 0.1) is 5.02 Å². The van der Waals surface area contributed by atoms with Crippen LogP contribution in [0.1, 0.15) is 15.2 Å². The summed E-state index contributed by atoms with van der Waals surface area (Å²) in [6.07, 6.45) is 3.43. The van der Waals surface area contributed by atoms with Gasteiger partial charge in [0, 0.05) is 33.5 Å². The van der Waals surface area contributed by atoms with Crippen LogP contribution in [-0.2, 0) is 6.54 Å². The smallest absolute Gasteiger partial charge is 0.263 e. The van der Waals surface area contributed by atoms with Crippen molar-refractivity contribution in [3.63, 3.8) is 0 Å². The average molecular weight is 382 g/mol. The highest BCUT2D eigenvalue weighted by molar-refractivity contribution is 9.10. The summed E-state index contributed by atoms with van der Waals surface area (Å²) in [6.45, 7) is 0.431. The molecule has 0 saturated heterocycles. The van der Waals surface area contributed by atoms with Crippen LogP contribution in [0.4, 0.5) is 0 Å². The molecule has 0 unspecified atom stereocenters. The molecule has 0 radical (unpaired) electrons. The second-order valence-corrected chi connectivity index (χ2v) is 6.78. The first kappa shape index (κ1) is 14.5. The third-order valence-corrected chi connectivity index (χ3v) is 5.12. The number of thiophene rings is 1. The molecule has 1 amide bonds. The Balaban J connectivity index is 1.83. The third kappa shape index (κ3) is 3.10. The van der Waals surface area contributed by atoms with Gasteiger partial charge in [0.1, 0.15) is 4.88 Å². The van der Waals surface area contributed by atoms with E-state index >= 15 is 0 Å². The van der Waals surface area contributed by atoms with Crippen molar-refractivity contribution in [2.45, 2.75) is 6.54 Å². The highest BCUT2D eigenvalue weighted by Gasteiger charge is 2.17. The first-order valence-electron chi connectivity index (χ1n) is 6.20. The zero-order chi connectivity index (χ0) is 14.8. The number of hydrogen-bond donors (Lipinski definition) is 1. The van der Waals surface area contributed by atoms with E-state index in [4.69, 9.17) is 11.6 Å². The number of hydrogen-bond acceptors (Lipinski definition) is 3. The molecule has 3 rings (SSSR count). The van der Waals surface area contributed by atoms with Crippen LogP contribution in [0.15, 0.2) is 47.2 Å². The monoisotopic (exact) mass is 380 g/mol. The summed E-state index contributed by atoms with van der Waals surface area (Å²) in [4.78, 5) is 16.8. The van der Waals surface area contributed by atoms with E-state index in [2.05, 4.69) is 26.2 Å². The molecule has 0 aliphatic heterocycles. The van der Waals surface area contributed by atoms with Gasteiger partial charge in [-0.25, -0.2) is 0 Å². The van der Waals surface area contributed by atoms with Gasteiger partial charge in [0.15, 0.2) is 0 Å². The molecule has 0 aliphatic rings. The fraction of sp³-hybridized carbons (Fsp3) is 0.0667. The lowest BCUT2D eigenvalue weighted by molar-refractivity contribution is 0.0955. The summed E-state index contributed by atoms with van der Waals surface area (Å²) in [6, 6.07) is 9.54. The molecule has 0 aliphatic carbocycles. The molecule has 0 fully saturated rings. The zero-order valence-electron chi connectivity index (χ0n) is 10.8. The maximum absolute atomic E-state index is 12.3. The molecule has 2 aromatic heterocycles. The fourth-order valence-electron chi connectivity index (χ4n) is 1.95. The Kier molecular flexibility index (Phi) is 4.24. The number of nitrogens with zero attached hydrogens (tertiary/aromatic N) is 1. The third-order valence-electron chi connectivity index (χ3n) is 2.97. The van der Waals surface area contributed by atoms with Crippen molar-refractivity contribution >= 4 is 54.9 Å². The Bertz CT molecular complexity index is 804. The normalized spacial score (nSPS) is 10.8. The minimum absolute atomic E-state index is 0.166. The second-order valence-electron chi connectivity index (χ2n) is 4.43. The minimum Gasteiger partial charge on any atom is -0.347 e. The number of aromatic nitrogens is 1. The van der Waals surface area contributed by atoms with Crippen LogP contribution in [0.3, 0.4) is 0 Å². The molecular formula is C15H10BrClN2OS. The van der Waals surface area contributed by atoms with E-state index in [9.17, 15) is 4.79 Å². The number of amides is 1. The van der Waals surface area contributed by atoms with Gasteiger partial charge in [0.2, 0.25) is 0 Å². The number of carbonyl (C=O) groups excluding carboxylic acids is 1. The maximum atomic E-state index is 12.3. The lowest BCUT2D eigenvalue weighted by Gasteiger charge is -2.03. The predicted molar refractivity (Wildman–Crippen MR) is 89.9 cm³/mol. The van der Waals surface area contributed by atoms with E-state index in [0.29, 0.717) is 16.4 Å². The van der Waals surface area contributed by atoms with Crippen LogP contribution >= 0.6 is 38.9 Å². The van der Waals surface area contributed by atoms with Crippen molar-refractivity contribution < 1.29 is 4.79 Å². The van der Waals surface area contributed by atoms with Gasteiger partial charge < -0.3 is 5.32 Å². The molecule has 3 aromatic rings. The maximum Gasteiger partial charge on any atom is 0.263 e. The number of benzene rings is 1. The lowest BCUT2D eigenvalue weighted by Crippen LogP contribution is -2.22. The van der Waals surface area contributed by atoms with E-state index in [1.165, 1.54) is 11.3 Å². The molecule has 3 nitrogen and oxygen atoms in total. The summed E-state index contributed by atoms with van der Waals surface area (Å²) in [5.74, 6) is -0.166. The Morgan fingerprint density at radius 2 is 2.24 bits per heavy atom. The number of halogens is 2. The lowest BCUT2D eigenvalue weighted by atomic mass is 10.2. The SMILES string of the molecule is O=C(NCc1cccnc1)c1sc2cc(Br)ccc2c1Cl. The number of carbonyl (C=O) groups is 1. The van der Waals surface area contributed by atoms with Gasteiger partial charge in [-0.05, 0) is 23.8 Å². The number of rotatable bonds is 3. The van der Waals surface area contributed by atoms with Gasteiger partial charge in [-0.1, -0.05) is 39.7 Å². The van der Waals surface area contributed by atoms with E-state index in [-0.39, 0.29) is 5.91 Å². The number of fused-ring (bicyclic) bond motifs is 1. The van der Waals surface area contributed by atoms with Crippen molar-refractivity contribution in [3.8, 4) is 0 Å². The van der Waals surface area contributed by atoms with Gasteiger partial charge in [0.25, 0.3) is 5.91 Å². The number of pyridine rings is 1. The first-order chi connectivity index (χ1) is 10.1. The van der Waals surface area contributed by atoms with Gasteiger partial charge >= 0.3 is 0 Å². The quantitative estimate of drug-likeness (QED) is 0.718. The summed E-state index contributed by atoms with van der Waals surface area (Å²) in [5.41, 5.74) is 0.950. The molecule has 106 valence electrons. The van der Waals surface area contributed by atoms with Crippen molar-refractivity contribution in [2.75, 3.05) is 0 Å². The molecule has 0 bridgehead atoms. The van der Waals surface area contributed by atoms with Crippen LogP contribution in [0.5, 0.6) is 0 Å². The Labute approximate surface area is 139 Å². The molecule has 21 heavy (non-hydrogen) atoms. The van der Waals surface area contributed by atoms with E-state index in [0.717, 1.165) is 20.1 Å². The Morgan fingerprint density at radius 1 is 1.38 bits per heavy atom. The Morgan fingerprint density at radius 3 is 3.00 bits per heavy atom. The molecule has 0 saturated carbocycles. The average Bonchev–Trinajstić information content (AvgIpc) is 2.82. The van der Waals surface area contributed by atoms with Crippen LogP contribution in [0.2, 0.25) is 5.02 Å². The van der Waals surface area contributed by atoms with Crippen molar-refractivity contribution in [3.05, 3.63) is 62.7 Å². The van der Waals surface area contributed by atoms with Crippen molar-refractivity contribution in [1.29, 1.82) is 0 Å². The summed E-state index contributed by atoms with van der Waals surface area (Å²) >= 11 is 11.1. The van der Waals surface area contributed by atoms with Crippen LogP contribution < -0.4 is 5.32 Å². The van der Waals surface area contributed by atoms with Crippen molar-refractivity contribution in [2.24, 2.45) is 0 Å². The van der Waals surface area contributed by atoms with Gasteiger partial charge in [-0.3, -0.25) is 9.78 Å². The standard InChI is InChI=1S/C15H10BrClN2OS/c16-10-3-4-11-12(6-10)21-14(13(11)17)15(20)19-8-9-2-1-5-18-7-9/h1-7H,8H2,(H,19,20). The van der Waals surface area contributed by atoms with E-state index in [1.807, 2.05) is 30.3 Å². The minimum atomic E-state index is -0.166. The number of nitrogens with one attached hydrogen (secondary N) is 1. The highest BCUT2D eigenvalue weighted by Crippen LogP contribution is 2.36. The zero-order valence-corrected chi connectivity index (χ0v) is 13.9.